The molecular formula is C14H22N2O2. The fraction of sp³-hybridized carbons (Fsp3) is 0.571. The van der Waals surface area contributed by atoms with Crippen molar-refractivity contribution in [3.8, 4) is 11.5 Å². The number of benzene rings is 1. The summed E-state index contributed by atoms with van der Waals surface area (Å²) in [6, 6.07) is 6.57. The molecule has 0 radical (unpaired) electrons. The van der Waals surface area contributed by atoms with Gasteiger partial charge in [0.05, 0.1) is 0 Å². The minimum atomic E-state index is 0.515. The van der Waals surface area contributed by atoms with Crippen molar-refractivity contribution in [2.24, 2.45) is 0 Å². The van der Waals surface area contributed by atoms with E-state index in [2.05, 4.69) is 37.3 Å². The van der Waals surface area contributed by atoms with Crippen molar-refractivity contribution in [2.75, 3.05) is 33.9 Å². The van der Waals surface area contributed by atoms with Gasteiger partial charge in [-0.05, 0) is 27.1 Å². The maximum atomic E-state index is 5.68. The van der Waals surface area contributed by atoms with E-state index < -0.39 is 0 Å². The second-order valence-electron chi connectivity index (χ2n) is 4.88. The molecule has 1 aliphatic heterocycles. The number of ether oxygens (including phenoxy) is 2. The molecule has 18 heavy (non-hydrogen) atoms. The molecule has 1 aliphatic rings. The Kier molecular flexibility index (Phi) is 4.44. The molecule has 1 atom stereocenters. The van der Waals surface area contributed by atoms with Crippen LogP contribution in [0.1, 0.15) is 12.5 Å². The predicted molar refractivity (Wildman–Crippen MR) is 72.3 cm³/mol. The van der Waals surface area contributed by atoms with E-state index in [0.717, 1.165) is 30.2 Å². The highest BCUT2D eigenvalue weighted by molar-refractivity contribution is 5.47. The van der Waals surface area contributed by atoms with E-state index in [1.807, 2.05) is 12.1 Å². The Morgan fingerprint density at radius 2 is 2.06 bits per heavy atom. The lowest BCUT2D eigenvalue weighted by molar-refractivity contribution is 0.169. The van der Waals surface area contributed by atoms with E-state index in [1.54, 1.807) is 0 Å². The molecule has 0 saturated carbocycles. The van der Waals surface area contributed by atoms with E-state index in [-0.39, 0.29) is 0 Å². The molecule has 0 amide bonds. The third kappa shape index (κ3) is 3.15. The first-order valence-electron chi connectivity index (χ1n) is 6.43. The third-order valence-electron chi connectivity index (χ3n) is 3.28. The van der Waals surface area contributed by atoms with E-state index in [4.69, 9.17) is 9.47 Å². The second-order valence-corrected chi connectivity index (χ2v) is 4.88. The van der Waals surface area contributed by atoms with Crippen molar-refractivity contribution in [1.29, 1.82) is 0 Å². The quantitative estimate of drug-likeness (QED) is 0.858. The lowest BCUT2D eigenvalue weighted by Gasteiger charge is -2.23. The van der Waals surface area contributed by atoms with Crippen LogP contribution in [0.3, 0.4) is 0 Å². The number of rotatable bonds is 5. The first kappa shape index (κ1) is 13.2. The summed E-state index contributed by atoms with van der Waals surface area (Å²) in [6.45, 7) is 5.25. The van der Waals surface area contributed by atoms with Gasteiger partial charge in [-0.1, -0.05) is 12.1 Å². The van der Waals surface area contributed by atoms with Gasteiger partial charge in [0.2, 0.25) is 0 Å². The number of fused-ring (bicyclic) bond motifs is 1. The number of likely N-dealkylation sites (N-methyl/N-ethyl adjacent to an activating group) is 1. The third-order valence-corrected chi connectivity index (χ3v) is 3.28. The van der Waals surface area contributed by atoms with Gasteiger partial charge < -0.3 is 19.7 Å². The van der Waals surface area contributed by atoms with Crippen LogP contribution in [0.4, 0.5) is 0 Å². The molecule has 0 aliphatic carbocycles. The number of nitrogens with zero attached hydrogens (tertiary/aromatic N) is 1. The Hall–Kier alpha value is -1.26. The molecule has 4 heteroatoms. The predicted octanol–water partition coefficient (Wildman–Crippen LogP) is 1.50. The summed E-state index contributed by atoms with van der Waals surface area (Å²) in [5.74, 6) is 1.76. The summed E-state index contributed by atoms with van der Waals surface area (Å²) in [6.07, 6.45) is 0. The molecule has 1 aromatic carbocycles. The average molecular weight is 250 g/mol. The summed E-state index contributed by atoms with van der Waals surface area (Å²) in [4.78, 5) is 2.20. The molecule has 4 nitrogen and oxygen atoms in total. The summed E-state index contributed by atoms with van der Waals surface area (Å²) < 4.78 is 11.3. The normalized spacial score (nSPS) is 15.8. The number of hydrogen-bond donors (Lipinski definition) is 1. The Morgan fingerprint density at radius 1 is 1.28 bits per heavy atom. The van der Waals surface area contributed by atoms with Crippen molar-refractivity contribution in [3.05, 3.63) is 23.8 Å². The lowest BCUT2D eigenvalue weighted by atomic mass is 10.1. The zero-order valence-electron chi connectivity index (χ0n) is 11.4. The Labute approximate surface area is 109 Å². The molecule has 0 spiro atoms. The minimum absolute atomic E-state index is 0.515. The van der Waals surface area contributed by atoms with Crippen LogP contribution < -0.4 is 14.8 Å². The lowest BCUT2D eigenvalue weighted by Crippen LogP contribution is -2.35. The Balaban J connectivity index is 1.93. The Morgan fingerprint density at radius 3 is 2.83 bits per heavy atom. The van der Waals surface area contributed by atoms with E-state index in [0.29, 0.717) is 19.3 Å². The summed E-state index contributed by atoms with van der Waals surface area (Å²) >= 11 is 0. The summed E-state index contributed by atoms with van der Waals surface area (Å²) in [7, 11) is 4.18. The number of nitrogens with one attached hydrogen (secondary N) is 1. The van der Waals surface area contributed by atoms with Gasteiger partial charge in [0, 0.05) is 24.7 Å². The standard InChI is InChI=1S/C14H22N2O2/c1-11(16(2)3)9-15-10-12-5-4-6-13-14(12)18-8-7-17-13/h4-6,11,15H,7-10H2,1-3H3. The highest BCUT2D eigenvalue weighted by atomic mass is 16.6. The molecule has 0 bridgehead atoms. The minimum Gasteiger partial charge on any atom is -0.486 e. The summed E-state index contributed by atoms with van der Waals surface area (Å²) in [5, 5.41) is 3.46. The van der Waals surface area contributed by atoms with Crippen LogP contribution in [-0.4, -0.2) is 44.8 Å². The van der Waals surface area contributed by atoms with E-state index in [1.165, 1.54) is 0 Å². The number of hydrogen-bond acceptors (Lipinski definition) is 4. The van der Waals surface area contributed by atoms with Gasteiger partial charge in [-0.3, -0.25) is 0 Å². The SMILES string of the molecule is CC(CNCc1cccc2c1OCCO2)N(C)C. The largest absolute Gasteiger partial charge is 0.486 e. The van der Waals surface area contributed by atoms with Gasteiger partial charge in [0.15, 0.2) is 11.5 Å². The van der Waals surface area contributed by atoms with Gasteiger partial charge >= 0.3 is 0 Å². The van der Waals surface area contributed by atoms with Gasteiger partial charge in [-0.15, -0.1) is 0 Å². The molecule has 2 rings (SSSR count). The molecule has 100 valence electrons. The fourth-order valence-corrected chi connectivity index (χ4v) is 1.87. The van der Waals surface area contributed by atoms with Crippen molar-refractivity contribution < 1.29 is 9.47 Å². The molecule has 0 aromatic heterocycles. The van der Waals surface area contributed by atoms with Gasteiger partial charge in [0.25, 0.3) is 0 Å². The first-order valence-corrected chi connectivity index (χ1v) is 6.43. The van der Waals surface area contributed by atoms with Crippen LogP contribution in [0.15, 0.2) is 18.2 Å². The summed E-state index contributed by atoms with van der Waals surface area (Å²) in [5.41, 5.74) is 1.16. The van der Waals surface area contributed by atoms with Crippen LogP contribution in [0.5, 0.6) is 11.5 Å². The smallest absolute Gasteiger partial charge is 0.165 e. The van der Waals surface area contributed by atoms with E-state index >= 15 is 0 Å². The molecule has 1 N–H and O–H groups in total. The molecule has 1 aromatic rings. The van der Waals surface area contributed by atoms with Crippen LogP contribution >= 0.6 is 0 Å². The highest BCUT2D eigenvalue weighted by Crippen LogP contribution is 2.33. The fourth-order valence-electron chi connectivity index (χ4n) is 1.87. The van der Waals surface area contributed by atoms with Crippen molar-refractivity contribution in [1.82, 2.24) is 10.2 Å². The number of para-hydroxylation sites is 1. The molecule has 1 unspecified atom stereocenters. The average Bonchev–Trinajstić information content (AvgIpc) is 2.38. The highest BCUT2D eigenvalue weighted by Gasteiger charge is 2.15. The van der Waals surface area contributed by atoms with Crippen molar-refractivity contribution in [3.63, 3.8) is 0 Å². The van der Waals surface area contributed by atoms with Crippen LogP contribution in [-0.2, 0) is 6.54 Å². The van der Waals surface area contributed by atoms with Gasteiger partial charge in [0.1, 0.15) is 13.2 Å². The zero-order valence-corrected chi connectivity index (χ0v) is 11.4. The van der Waals surface area contributed by atoms with Crippen molar-refractivity contribution in [2.45, 2.75) is 19.5 Å². The van der Waals surface area contributed by atoms with Crippen LogP contribution in [0.25, 0.3) is 0 Å². The van der Waals surface area contributed by atoms with E-state index in [9.17, 15) is 0 Å². The van der Waals surface area contributed by atoms with Crippen LogP contribution in [0, 0.1) is 0 Å². The second kappa shape index (κ2) is 6.07. The maximum Gasteiger partial charge on any atom is 0.165 e. The zero-order chi connectivity index (χ0) is 13.0. The molecular weight excluding hydrogens is 228 g/mol. The van der Waals surface area contributed by atoms with Crippen molar-refractivity contribution >= 4 is 0 Å². The Bertz CT molecular complexity index is 393. The monoisotopic (exact) mass is 250 g/mol. The van der Waals surface area contributed by atoms with Gasteiger partial charge in [-0.2, -0.15) is 0 Å². The van der Waals surface area contributed by atoms with Crippen LogP contribution in [0.2, 0.25) is 0 Å². The molecule has 1 heterocycles. The first-order chi connectivity index (χ1) is 8.68. The molecule has 0 fully saturated rings. The van der Waals surface area contributed by atoms with Gasteiger partial charge in [-0.25, -0.2) is 0 Å². The molecule has 0 saturated heterocycles. The maximum absolute atomic E-state index is 5.68. The topological polar surface area (TPSA) is 33.7 Å².